The Bertz CT molecular complexity index is 158. The van der Waals surface area contributed by atoms with Gasteiger partial charge in [0.1, 0.15) is 0 Å². The molecule has 0 fully saturated rings. The summed E-state index contributed by atoms with van der Waals surface area (Å²) in [4.78, 5) is 10.9. The van der Waals surface area contributed by atoms with Crippen molar-refractivity contribution in [2.24, 2.45) is 0 Å². The molecule has 0 saturated heterocycles. The van der Waals surface area contributed by atoms with Crippen LogP contribution in [0.4, 0.5) is 0 Å². The van der Waals surface area contributed by atoms with E-state index in [1.807, 2.05) is 12.3 Å². The second-order valence-corrected chi connectivity index (χ2v) is 2.71. The third kappa shape index (κ3) is 1.75. The third-order valence-corrected chi connectivity index (χ3v) is 1.92. The molecule has 1 atom stereocenters. The van der Waals surface area contributed by atoms with Crippen molar-refractivity contribution in [3.8, 4) is 0 Å². The molecule has 1 aliphatic rings. The number of carbonyl (C=O) groups excluding carboxylic acids is 1. The lowest BCUT2D eigenvalue weighted by atomic mass is 10.6. The van der Waals surface area contributed by atoms with Crippen molar-refractivity contribution < 1.29 is 9.53 Å². The summed E-state index contributed by atoms with van der Waals surface area (Å²) in [5.74, 6) is -0.0747. The Labute approximate surface area is 63.8 Å². The molecule has 0 spiro atoms. The summed E-state index contributed by atoms with van der Waals surface area (Å²) < 4.78 is 5.09. The van der Waals surface area contributed by atoms with Crippen LogP contribution in [0, 0.1) is 0 Å². The second kappa shape index (κ2) is 3.63. The molecule has 0 saturated carbocycles. The summed E-state index contributed by atoms with van der Waals surface area (Å²) >= 11 is 1.38. The fraction of sp³-hybridized carbons (Fsp3) is 0.500. The summed E-state index contributed by atoms with van der Waals surface area (Å²) in [6.07, 6.45) is 1.61. The Morgan fingerprint density at radius 3 is 3.30 bits per heavy atom. The average Bonchev–Trinajstić information content (AvgIpc) is 1.94. The van der Waals surface area contributed by atoms with Crippen LogP contribution in [0.1, 0.15) is 6.92 Å². The van der Waals surface area contributed by atoms with Gasteiger partial charge in [0.15, 0.2) is 5.44 Å². The van der Waals surface area contributed by atoms with Gasteiger partial charge in [0.2, 0.25) is 0 Å². The predicted molar refractivity (Wildman–Crippen MR) is 40.3 cm³/mol. The number of carbonyl (C=O) groups is 1. The summed E-state index contributed by atoms with van der Waals surface area (Å²) in [7, 11) is 0. The van der Waals surface area contributed by atoms with Crippen LogP contribution in [0.5, 0.6) is 0 Å². The quantitative estimate of drug-likeness (QED) is 0.644. The SMILES string of the molecule is CCOC1SC=CNC1=O. The van der Waals surface area contributed by atoms with Crippen LogP contribution in [-0.2, 0) is 9.53 Å². The first kappa shape index (κ1) is 7.63. The standard InChI is InChI=1S/C6H9NO2S/c1-2-9-6-5(8)7-3-4-10-6/h3-4,6H,2H2,1H3,(H,7,8). The molecule has 0 aromatic carbocycles. The largest absolute Gasteiger partial charge is 0.358 e. The molecule has 1 aliphatic heterocycles. The van der Waals surface area contributed by atoms with E-state index in [4.69, 9.17) is 4.74 Å². The molecule has 0 bridgehead atoms. The highest BCUT2D eigenvalue weighted by molar-refractivity contribution is 8.03. The Kier molecular flexibility index (Phi) is 2.77. The zero-order chi connectivity index (χ0) is 7.40. The Balaban J connectivity index is 2.43. The van der Waals surface area contributed by atoms with Crippen molar-refractivity contribution in [3.63, 3.8) is 0 Å². The number of rotatable bonds is 2. The maximum atomic E-state index is 10.9. The lowest BCUT2D eigenvalue weighted by Crippen LogP contribution is -2.32. The average molecular weight is 159 g/mol. The van der Waals surface area contributed by atoms with E-state index in [0.29, 0.717) is 6.61 Å². The maximum absolute atomic E-state index is 10.9. The molecular formula is C6H9NO2S. The molecule has 4 heteroatoms. The number of amides is 1. The van der Waals surface area contributed by atoms with Gasteiger partial charge in [-0.25, -0.2) is 0 Å². The topological polar surface area (TPSA) is 38.3 Å². The fourth-order valence-corrected chi connectivity index (χ4v) is 1.32. The monoisotopic (exact) mass is 159 g/mol. The van der Waals surface area contributed by atoms with Crippen molar-refractivity contribution in [3.05, 3.63) is 11.6 Å². The zero-order valence-electron chi connectivity index (χ0n) is 5.66. The predicted octanol–water partition coefficient (Wildman–Crippen LogP) is 0.683. The van der Waals surface area contributed by atoms with Crippen molar-refractivity contribution in [1.29, 1.82) is 0 Å². The number of hydrogen-bond donors (Lipinski definition) is 1. The molecule has 0 aromatic rings. The molecular weight excluding hydrogens is 150 g/mol. The molecule has 0 radical (unpaired) electrons. The minimum atomic E-state index is -0.352. The van der Waals surface area contributed by atoms with Crippen LogP contribution in [-0.4, -0.2) is 18.0 Å². The highest BCUT2D eigenvalue weighted by atomic mass is 32.2. The highest BCUT2D eigenvalue weighted by Crippen LogP contribution is 2.16. The van der Waals surface area contributed by atoms with E-state index >= 15 is 0 Å². The maximum Gasteiger partial charge on any atom is 0.263 e. The van der Waals surface area contributed by atoms with E-state index in [1.54, 1.807) is 6.20 Å². The van der Waals surface area contributed by atoms with E-state index in [-0.39, 0.29) is 11.3 Å². The van der Waals surface area contributed by atoms with Gasteiger partial charge in [0, 0.05) is 12.8 Å². The smallest absolute Gasteiger partial charge is 0.263 e. The first-order valence-corrected chi connectivity index (χ1v) is 4.01. The van der Waals surface area contributed by atoms with Gasteiger partial charge in [0.25, 0.3) is 5.91 Å². The Morgan fingerprint density at radius 2 is 2.70 bits per heavy atom. The summed E-state index contributed by atoms with van der Waals surface area (Å²) in [5.41, 5.74) is -0.352. The zero-order valence-corrected chi connectivity index (χ0v) is 6.48. The van der Waals surface area contributed by atoms with Gasteiger partial charge in [-0.15, -0.1) is 0 Å². The molecule has 1 unspecified atom stereocenters. The van der Waals surface area contributed by atoms with Gasteiger partial charge in [0.05, 0.1) is 0 Å². The molecule has 1 amide bonds. The van der Waals surface area contributed by atoms with Gasteiger partial charge in [-0.2, -0.15) is 0 Å². The third-order valence-electron chi connectivity index (χ3n) is 1.03. The van der Waals surface area contributed by atoms with Gasteiger partial charge in [-0.1, -0.05) is 11.8 Å². The first-order chi connectivity index (χ1) is 4.84. The van der Waals surface area contributed by atoms with Crippen LogP contribution >= 0.6 is 11.8 Å². The lowest BCUT2D eigenvalue weighted by Gasteiger charge is -2.15. The molecule has 56 valence electrons. The van der Waals surface area contributed by atoms with E-state index in [9.17, 15) is 4.79 Å². The molecule has 1 N–H and O–H groups in total. The first-order valence-electron chi connectivity index (χ1n) is 3.07. The fourth-order valence-electron chi connectivity index (χ4n) is 0.623. The Morgan fingerprint density at radius 1 is 1.90 bits per heavy atom. The van der Waals surface area contributed by atoms with Gasteiger partial charge >= 0.3 is 0 Å². The molecule has 3 nitrogen and oxygen atoms in total. The van der Waals surface area contributed by atoms with Crippen molar-refractivity contribution in [2.45, 2.75) is 12.4 Å². The molecule has 10 heavy (non-hydrogen) atoms. The molecule has 1 rings (SSSR count). The van der Waals surface area contributed by atoms with Crippen LogP contribution in [0.2, 0.25) is 0 Å². The number of thioether (sulfide) groups is 1. The van der Waals surface area contributed by atoms with Crippen molar-refractivity contribution in [2.75, 3.05) is 6.61 Å². The van der Waals surface area contributed by atoms with Gasteiger partial charge in [-0.3, -0.25) is 4.79 Å². The van der Waals surface area contributed by atoms with Gasteiger partial charge < -0.3 is 10.1 Å². The number of nitrogens with one attached hydrogen (secondary N) is 1. The van der Waals surface area contributed by atoms with Crippen molar-refractivity contribution >= 4 is 17.7 Å². The molecule has 0 aromatic heterocycles. The van der Waals surface area contributed by atoms with Crippen LogP contribution in [0.25, 0.3) is 0 Å². The minimum absolute atomic E-state index is 0.0747. The summed E-state index contributed by atoms with van der Waals surface area (Å²) in [5, 5.41) is 4.36. The lowest BCUT2D eigenvalue weighted by molar-refractivity contribution is -0.126. The van der Waals surface area contributed by atoms with Gasteiger partial charge in [-0.05, 0) is 12.3 Å². The number of ether oxygens (including phenoxy) is 1. The normalized spacial score (nSPS) is 24.5. The Hall–Kier alpha value is -0.480. The van der Waals surface area contributed by atoms with Crippen LogP contribution < -0.4 is 5.32 Å². The number of hydrogen-bond acceptors (Lipinski definition) is 3. The second-order valence-electron chi connectivity index (χ2n) is 1.73. The minimum Gasteiger partial charge on any atom is -0.358 e. The molecule has 0 aliphatic carbocycles. The van der Waals surface area contributed by atoms with Crippen LogP contribution in [0.3, 0.4) is 0 Å². The van der Waals surface area contributed by atoms with Crippen LogP contribution in [0.15, 0.2) is 11.6 Å². The highest BCUT2D eigenvalue weighted by Gasteiger charge is 2.19. The summed E-state index contributed by atoms with van der Waals surface area (Å²) in [6, 6.07) is 0. The van der Waals surface area contributed by atoms with Crippen molar-refractivity contribution in [1.82, 2.24) is 5.32 Å². The van der Waals surface area contributed by atoms with E-state index in [1.165, 1.54) is 11.8 Å². The van der Waals surface area contributed by atoms with E-state index in [2.05, 4.69) is 5.32 Å². The summed E-state index contributed by atoms with van der Waals surface area (Å²) in [6.45, 7) is 2.44. The molecule has 1 heterocycles. The van der Waals surface area contributed by atoms with E-state index in [0.717, 1.165) is 0 Å². The van der Waals surface area contributed by atoms with E-state index < -0.39 is 0 Å².